The third kappa shape index (κ3) is 5.16. The van der Waals surface area contributed by atoms with Crippen LogP contribution in [0.4, 0.5) is 0 Å². The molecule has 1 heterocycles. The largest absolute Gasteiger partial charge is 0.473 e. The van der Waals surface area contributed by atoms with Crippen LogP contribution in [0.2, 0.25) is 5.15 Å². The molecule has 0 fully saturated rings. The van der Waals surface area contributed by atoms with Crippen LogP contribution in [-0.2, 0) is 9.47 Å². The van der Waals surface area contributed by atoms with E-state index in [9.17, 15) is 0 Å². The molecule has 0 amide bonds. The maximum absolute atomic E-state index is 5.93. The highest BCUT2D eigenvalue weighted by molar-refractivity contribution is 6.30. The van der Waals surface area contributed by atoms with E-state index in [0.29, 0.717) is 32.3 Å². The Hall–Kier alpha value is -0.910. The Labute approximate surface area is 112 Å². The van der Waals surface area contributed by atoms with Crippen molar-refractivity contribution < 1.29 is 14.2 Å². The normalized spacial score (nSPS) is 10.7. The van der Waals surface area contributed by atoms with Crippen molar-refractivity contribution in [1.82, 2.24) is 9.97 Å². The first kappa shape index (κ1) is 15.1. The molecule has 1 rings (SSSR count). The summed E-state index contributed by atoms with van der Waals surface area (Å²) in [6.45, 7) is 5.99. The minimum atomic E-state index is 0.289. The van der Waals surface area contributed by atoms with Crippen molar-refractivity contribution >= 4 is 11.6 Å². The maximum atomic E-state index is 5.93. The summed E-state index contributed by atoms with van der Waals surface area (Å²) in [4.78, 5) is 8.36. The van der Waals surface area contributed by atoms with Crippen LogP contribution in [0.1, 0.15) is 17.8 Å². The number of rotatable bonds is 8. The smallest absolute Gasteiger partial charge is 0.252 e. The van der Waals surface area contributed by atoms with Crippen LogP contribution in [0.25, 0.3) is 0 Å². The Kier molecular flexibility index (Phi) is 6.93. The molecule has 0 aliphatic carbocycles. The van der Waals surface area contributed by atoms with Gasteiger partial charge in [-0.3, -0.25) is 0 Å². The summed E-state index contributed by atoms with van der Waals surface area (Å²) in [7, 11) is 1.67. The number of hydrogen-bond donors (Lipinski definition) is 0. The lowest BCUT2D eigenvalue weighted by Crippen LogP contribution is -2.10. The van der Waals surface area contributed by atoms with Crippen molar-refractivity contribution in [2.24, 2.45) is 0 Å². The van der Waals surface area contributed by atoms with E-state index in [2.05, 4.69) is 9.97 Å². The van der Waals surface area contributed by atoms with E-state index in [-0.39, 0.29) is 5.15 Å². The van der Waals surface area contributed by atoms with Crippen molar-refractivity contribution in [3.63, 3.8) is 0 Å². The second-order valence-electron chi connectivity index (χ2n) is 3.80. The van der Waals surface area contributed by atoms with E-state index in [0.717, 1.165) is 17.8 Å². The predicted molar refractivity (Wildman–Crippen MR) is 69.3 cm³/mol. The van der Waals surface area contributed by atoms with Gasteiger partial charge in [-0.25, -0.2) is 9.97 Å². The molecule has 0 saturated carbocycles. The van der Waals surface area contributed by atoms with Gasteiger partial charge in [0.15, 0.2) is 5.15 Å². The molecule has 0 N–H and O–H groups in total. The molecule has 18 heavy (non-hydrogen) atoms. The molecule has 0 unspecified atom stereocenters. The summed E-state index contributed by atoms with van der Waals surface area (Å²) >= 11 is 5.93. The first-order valence-electron chi connectivity index (χ1n) is 5.85. The van der Waals surface area contributed by atoms with Gasteiger partial charge in [0.2, 0.25) is 0 Å². The predicted octanol–water partition coefficient (Wildman–Crippen LogP) is 2.18. The Morgan fingerprint density at radius 1 is 1.00 bits per heavy atom. The minimum absolute atomic E-state index is 0.289. The van der Waals surface area contributed by atoms with Gasteiger partial charge in [-0.15, -0.1) is 0 Å². The highest BCUT2D eigenvalue weighted by Crippen LogP contribution is 2.20. The number of aromatic nitrogens is 2. The molecule has 102 valence electrons. The number of hydrogen-bond acceptors (Lipinski definition) is 5. The van der Waals surface area contributed by atoms with E-state index >= 15 is 0 Å². The van der Waals surface area contributed by atoms with Gasteiger partial charge in [0.1, 0.15) is 6.61 Å². The average molecular weight is 275 g/mol. The zero-order valence-corrected chi connectivity index (χ0v) is 11.8. The zero-order valence-electron chi connectivity index (χ0n) is 11.0. The van der Waals surface area contributed by atoms with E-state index in [1.807, 2.05) is 13.8 Å². The number of aryl methyl sites for hydroxylation is 2. The Balaban J connectivity index is 2.25. The van der Waals surface area contributed by atoms with Crippen LogP contribution >= 0.6 is 11.6 Å². The van der Waals surface area contributed by atoms with Crippen LogP contribution < -0.4 is 4.74 Å². The first-order valence-corrected chi connectivity index (χ1v) is 6.23. The van der Waals surface area contributed by atoms with Gasteiger partial charge in [-0.2, -0.15) is 0 Å². The number of nitrogens with zero attached hydrogens (tertiary/aromatic N) is 2. The third-order valence-electron chi connectivity index (χ3n) is 2.34. The van der Waals surface area contributed by atoms with Crippen LogP contribution in [0.3, 0.4) is 0 Å². The standard InChI is InChI=1S/C12H19ClN2O3/c1-9-10(2)15-12(11(13)14-9)18-8-7-17-6-4-5-16-3/h4-8H2,1-3H3. The maximum Gasteiger partial charge on any atom is 0.252 e. The van der Waals surface area contributed by atoms with Crippen molar-refractivity contribution in [1.29, 1.82) is 0 Å². The monoisotopic (exact) mass is 274 g/mol. The molecule has 0 atom stereocenters. The van der Waals surface area contributed by atoms with Gasteiger partial charge in [0, 0.05) is 20.3 Å². The van der Waals surface area contributed by atoms with Gasteiger partial charge >= 0.3 is 0 Å². The van der Waals surface area contributed by atoms with E-state index in [1.165, 1.54) is 0 Å². The van der Waals surface area contributed by atoms with E-state index in [1.54, 1.807) is 7.11 Å². The van der Waals surface area contributed by atoms with Gasteiger partial charge in [0.05, 0.1) is 18.0 Å². The molecule has 5 nitrogen and oxygen atoms in total. The molecule has 0 aliphatic rings. The summed E-state index contributed by atoms with van der Waals surface area (Å²) in [5.41, 5.74) is 1.62. The van der Waals surface area contributed by atoms with Gasteiger partial charge in [-0.05, 0) is 20.3 Å². The molecule has 0 aliphatic heterocycles. The topological polar surface area (TPSA) is 53.5 Å². The fourth-order valence-corrected chi connectivity index (χ4v) is 1.48. The summed E-state index contributed by atoms with van der Waals surface area (Å²) in [6.07, 6.45) is 0.876. The summed E-state index contributed by atoms with van der Waals surface area (Å²) in [5.74, 6) is 0.361. The van der Waals surface area contributed by atoms with Crippen molar-refractivity contribution in [2.75, 3.05) is 33.5 Å². The Morgan fingerprint density at radius 3 is 2.44 bits per heavy atom. The second kappa shape index (κ2) is 8.24. The number of ether oxygens (including phenoxy) is 3. The molecule has 1 aromatic rings. The SMILES string of the molecule is COCCCOCCOc1nc(C)c(C)nc1Cl. The summed E-state index contributed by atoms with van der Waals surface area (Å²) < 4.78 is 15.7. The van der Waals surface area contributed by atoms with Gasteiger partial charge < -0.3 is 14.2 Å². The fourth-order valence-electron chi connectivity index (χ4n) is 1.25. The minimum Gasteiger partial charge on any atom is -0.473 e. The van der Waals surface area contributed by atoms with Gasteiger partial charge in [0.25, 0.3) is 5.88 Å². The van der Waals surface area contributed by atoms with Crippen molar-refractivity contribution in [3.05, 3.63) is 16.5 Å². The van der Waals surface area contributed by atoms with Crippen LogP contribution in [0, 0.1) is 13.8 Å². The molecule has 0 aromatic carbocycles. The highest BCUT2D eigenvalue weighted by Gasteiger charge is 2.07. The third-order valence-corrected chi connectivity index (χ3v) is 2.58. The van der Waals surface area contributed by atoms with Crippen molar-refractivity contribution in [2.45, 2.75) is 20.3 Å². The highest BCUT2D eigenvalue weighted by atomic mass is 35.5. The average Bonchev–Trinajstić information content (AvgIpc) is 2.34. The number of halogens is 1. The lowest BCUT2D eigenvalue weighted by atomic mass is 10.3. The van der Waals surface area contributed by atoms with Crippen LogP contribution in [0.15, 0.2) is 0 Å². The van der Waals surface area contributed by atoms with Crippen molar-refractivity contribution in [3.8, 4) is 5.88 Å². The quantitative estimate of drug-likeness (QED) is 0.680. The molecule has 0 bridgehead atoms. The lowest BCUT2D eigenvalue weighted by Gasteiger charge is -2.09. The molecular formula is C12H19ClN2O3. The summed E-state index contributed by atoms with van der Waals surface area (Å²) in [5, 5.41) is 0.289. The molecule has 0 radical (unpaired) electrons. The zero-order chi connectivity index (χ0) is 13.4. The molecule has 6 heteroatoms. The molecular weight excluding hydrogens is 256 g/mol. The molecule has 0 spiro atoms. The van der Waals surface area contributed by atoms with E-state index in [4.69, 9.17) is 25.8 Å². The lowest BCUT2D eigenvalue weighted by molar-refractivity contribution is 0.0794. The molecule has 0 saturated heterocycles. The second-order valence-corrected chi connectivity index (χ2v) is 4.16. The molecule has 1 aromatic heterocycles. The van der Waals surface area contributed by atoms with Crippen LogP contribution in [-0.4, -0.2) is 43.5 Å². The fraction of sp³-hybridized carbons (Fsp3) is 0.667. The summed E-state index contributed by atoms with van der Waals surface area (Å²) in [6, 6.07) is 0. The number of methoxy groups -OCH3 is 1. The first-order chi connectivity index (χ1) is 8.65. The Bertz CT molecular complexity index is 375. The Morgan fingerprint density at radius 2 is 1.72 bits per heavy atom. The van der Waals surface area contributed by atoms with Gasteiger partial charge in [-0.1, -0.05) is 11.6 Å². The van der Waals surface area contributed by atoms with E-state index < -0.39 is 0 Å². The van der Waals surface area contributed by atoms with Crippen LogP contribution in [0.5, 0.6) is 5.88 Å².